The van der Waals surface area contributed by atoms with Crippen LogP contribution in [0.5, 0.6) is 11.5 Å². The monoisotopic (exact) mass is 450 g/mol. The summed E-state index contributed by atoms with van der Waals surface area (Å²) in [6.07, 6.45) is 0.524. The first kappa shape index (κ1) is 23.6. The average molecular weight is 450 g/mol. The van der Waals surface area contributed by atoms with Crippen molar-refractivity contribution >= 4 is 0 Å². The highest BCUT2D eigenvalue weighted by atomic mass is 19.3. The molecule has 0 radical (unpaired) electrons. The first-order chi connectivity index (χ1) is 15.3. The van der Waals surface area contributed by atoms with Gasteiger partial charge in [-0.25, -0.2) is 4.39 Å². The summed E-state index contributed by atoms with van der Waals surface area (Å²) in [5.74, 6) is -1.59. The van der Waals surface area contributed by atoms with E-state index in [-0.39, 0.29) is 11.3 Å². The number of unbranched alkanes of at least 4 members (excludes halogenated alkanes) is 2. The highest BCUT2D eigenvalue weighted by molar-refractivity contribution is 5.65. The molecule has 0 bridgehead atoms. The van der Waals surface area contributed by atoms with E-state index in [4.69, 9.17) is 4.74 Å². The predicted octanol–water partition coefficient (Wildman–Crippen LogP) is 7.96. The van der Waals surface area contributed by atoms with Gasteiger partial charge in [-0.1, -0.05) is 50.1 Å². The maximum Gasteiger partial charge on any atom is 0.426 e. The molecule has 0 fully saturated rings. The van der Waals surface area contributed by atoms with Crippen LogP contribution >= 0.6 is 0 Å². The minimum Gasteiger partial charge on any atom is -0.432 e. The minimum atomic E-state index is -3.52. The highest BCUT2D eigenvalue weighted by Gasteiger charge is 2.34. The Balaban J connectivity index is 1.67. The van der Waals surface area contributed by atoms with E-state index in [9.17, 15) is 22.0 Å². The Bertz CT molecular complexity index is 1000. The van der Waals surface area contributed by atoms with Crippen molar-refractivity contribution in [1.29, 1.82) is 0 Å². The van der Waals surface area contributed by atoms with Crippen LogP contribution in [-0.4, -0.2) is 6.61 Å². The number of benzene rings is 3. The van der Waals surface area contributed by atoms with Crippen LogP contribution in [0.1, 0.15) is 37.3 Å². The van der Waals surface area contributed by atoms with E-state index in [0.29, 0.717) is 11.1 Å². The zero-order valence-corrected chi connectivity index (χ0v) is 17.5. The van der Waals surface area contributed by atoms with E-state index < -0.39 is 24.3 Å². The largest absolute Gasteiger partial charge is 0.432 e. The summed E-state index contributed by atoms with van der Waals surface area (Å²) in [5, 5.41) is 0. The molecule has 0 aliphatic rings. The van der Waals surface area contributed by atoms with Crippen LogP contribution in [0.3, 0.4) is 0 Å². The molecule has 0 unspecified atom stereocenters. The maximum atomic E-state index is 14.6. The zero-order chi connectivity index (χ0) is 23.1. The summed E-state index contributed by atoms with van der Waals surface area (Å²) in [5.41, 5.74) is 1.62. The van der Waals surface area contributed by atoms with E-state index in [0.717, 1.165) is 43.4 Å². The molecule has 0 spiro atoms. The Morgan fingerprint density at radius 1 is 0.844 bits per heavy atom. The molecule has 170 valence electrons. The lowest BCUT2D eigenvalue weighted by atomic mass is 10.0. The number of alkyl halides is 4. The van der Waals surface area contributed by atoms with Gasteiger partial charge in [0, 0.05) is 0 Å². The zero-order valence-electron chi connectivity index (χ0n) is 17.5. The third-order valence-electron chi connectivity index (χ3n) is 4.94. The Morgan fingerprint density at radius 3 is 2.09 bits per heavy atom. The van der Waals surface area contributed by atoms with Gasteiger partial charge in [0.05, 0.1) is 5.56 Å². The van der Waals surface area contributed by atoms with Gasteiger partial charge in [-0.05, 0) is 65.9 Å². The molecule has 0 aliphatic carbocycles. The number of rotatable bonds is 10. The summed E-state index contributed by atoms with van der Waals surface area (Å²) in [6.45, 7) is -1.03. The Hall–Kier alpha value is -3.09. The third-order valence-corrected chi connectivity index (χ3v) is 4.94. The second-order valence-electron chi connectivity index (χ2n) is 7.32. The smallest absolute Gasteiger partial charge is 0.426 e. The van der Waals surface area contributed by atoms with Crippen molar-refractivity contribution in [3.8, 4) is 22.6 Å². The van der Waals surface area contributed by atoms with Crippen molar-refractivity contribution in [3.05, 3.63) is 83.7 Å². The van der Waals surface area contributed by atoms with Gasteiger partial charge in [0.25, 0.3) is 0 Å². The quantitative estimate of drug-likeness (QED) is 0.230. The van der Waals surface area contributed by atoms with E-state index in [1.54, 1.807) is 12.1 Å². The summed E-state index contributed by atoms with van der Waals surface area (Å²) in [7, 11) is 0. The Kier molecular flexibility index (Phi) is 7.72. The predicted molar refractivity (Wildman–Crippen MR) is 113 cm³/mol. The molecular formula is C25H23F5O2. The van der Waals surface area contributed by atoms with E-state index in [2.05, 4.69) is 11.7 Å². The molecule has 2 nitrogen and oxygen atoms in total. The van der Waals surface area contributed by atoms with Crippen molar-refractivity contribution < 1.29 is 31.4 Å². The second-order valence-corrected chi connectivity index (χ2v) is 7.32. The van der Waals surface area contributed by atoms with Crippen LogP contribution in [0.25, 0.3) is 11.1 Å². The first-order valence-electron chi connectivity index (χ1n) is 10.3. The van der Waals surface area contributed by atoms with Crippen LogP contribution in [0.2, 0.25) is 0 Å². The SMILES string of the molecule is CCCCCc1ccc(C(F)(F)Oc2ccc(-c3ccc(OC(F)F)c(F)c3)cc2)cc1. The van der Waals surface area contributed by atoms with Crippen molar-refractivity contribution in [2.45, 2.75) is 45.3 Å². The van der Waals surface area contributed by atoms with Gasteiger partial charge in [-0.3, -0.25) is 0 Å². The molecule has 0 aromatic heterocycles. The van der Waals surface area contributed by atoms with E-state index in [1.165, 1.54) is 42.5 Å². The normalized spacial score (nSPS) is 11.6. The number of halogens is 5. The van der Waals surface area contributed by atoms with Crippen LogP contribution in [0, 0.1) is 5.82 Å². The van der Waals surface area contributed by atoms with Gasteiger partial charge in [-0.2, -0.15) is 17.6 Å². The van der Waals surface area contributed by atoms with Crippen LogP contribution < -0.4 is 9.47 Å². The molecule has 0 aliphatic heterocycles. The maximum absolute atomic E-state index is 14.6. The molecule has 3 rings (SSSR count). The van der Waals surface area contributed by atoms with E-state index in [1.807, 2.05) is 0 Å². The molecule has 0 saturated heterocycles. The fourth-order valence-electron chi connectivity index (χ4n) is 3.24. The van der Waals surface area contributed by atoms with Gasteiger partial charge >= 0.3 is 12.7 Å². The molecule has 0 atom stereocenters. The highest BCUT2D eigenvalue weighted by Crippen LogP contribution is 2.33. The molecular weight excluding hydrogens is 427 g/mol. The molecule has 3 aromatic carbocycles. The van der Waals surface area contributed by atoms with E-state index >= 15 is 0 Å². The standard InChI is InChI=1S/C25H23F5O2/c1-2-3-4-5-17-6-11-20(12-7-17)25(29,30)32-21-13-8-18(9-14-21)19-10-15-23(22(26)16-19)31-24(27)28/h6-16,24H,2-5H2,1H3. The van der Waals surface area contributed by atoms with Gasteiger partial charge < -0.3 is 9.47 Å². The lowest BCUT2D eigenvalue weighted by molar-refractivity contribution is -0.185. The molecule has 0 heterocycles. The number of ether oxygens (including phenoxy) is 2. The summed E-state index contributed by atoms with van der Waals surface area (Å²) < 4.78 is 76.5. The molecule has 0 N–H and O–H groups in total. The molecule has 7 heteroatoms. The minimum absolute atomic E-state index is 0.0658. The average Bonchev–Trinajstić information content (AvgIpc) is 2.76. The lowest BCUT2D eigenvalue weighted by Crippen LogP contribution is -2.21. The van der Waals surface area contributed by atoms with Crippen LogP contribution in [0.15, 0.2) is 66.7 Å². The van der Waals surface area contributed by atoms with Crippen molar-refractivity contribution in [2.24, 2.45) is 0 Å². The lowest BCUT2D eigenvalue weighted by Gasteiger charge is -2.19. The van der Waals surface area contributed by atoms with Gasteiger partial charge in [0.2, 0.25) is 0 Å². The fourth-order valence-corrected chi connectivity index (χ4v) is 3.24. The van der Waals surface area contributed by atoms with Crippen LogP contribution in [-0.2, 0) is 12.5 Å². The number of aryl methyl sites for hydroxylation is 1. The second kappa shape index (κ2) is 10.5. The fraction of sp³-hybridized carbons (Fsp3) is 0.280. The van der Waals surface area contributed by atoms with Gasteiger partial charge in [-0.15, -0.1) is 0 Å². The molecule has 0 saturated carbocycles. The van der Waals surface area contributed by atoms with Gasteiger partial charge in [0.15, 0.2) is 11.6 Å². The summed E-state index contributed by atoms with van der Waals surface area (Å²) in [4.78, 5) is 0. The molecule has 0 amide bonds. The topological polar surface area (TPSA) is 18.5 Å². The Morgan fingerprint density at radius 2 is 1.50 bits per heavy atom. The van der Waals surface area contributed by atoms with Crippen molar-refractivity contribution in [1.82, 2.24) is 0 Å². The van der Waals surface area contributed by atoms with Gasteiger partial charge in [0.1, 0.15) is 5.75 Å². The number of hydrogen-bond donors (Lipinski definition) is 0. The summed E-state index contributed by atoms with van der Waals surface area (Å²) >= 11 is 0. The van der Waals surface area contributed by atoms with Crippen molar-refractivity contribution in [3.63, 3.8) is 0 Å². The molecule has 3 aromatic rings. The number of hydrogen-bond acceptors (Lipinski definition) is 2. The first-order valence-corrected chi connectivity index (χ1v) is 10.3. The van der Waals surface area contributed by atoms with Crippen LogP contribution in [0.4, 0.5) is 22.0 Å². The Labute approximate surface area is 183 Å². The third kappa shape index (κ3) is 6.22. The summed E-state index contributed by atoms with van der Waals surface area (Å²) in [6, 6.07) is 15.2. The van der Waals surface area contributed by atoms with Crippen molar-refractivity contribution in [2.75, 3.05) is 0 Å². The molecule has 32 heavy (non-hydrogen) atoms.